The van der Waals surface area contributed by atoms with Gasteiger partial charge in [-0.25, -0.2) is 0 Å². The van der Waals surface area contributed by atoms with Crippen LogP contribution in [0.2, 0.25) is 0 Å². The van der Waals surface area contributed by atoms with Gasteiger partial charge in [-0.2, -0.15) is 10.1 Å². The van der Waals surface area contributed by atoms with Gasteiger partial charge in [-0.3, -0.25) is 0 Å². The summed E-state index contributed by atoms with van der Waals surface area (Å²) in [4.78, 5) is 4.39. The quantitative estimate of drug-likeness (QED) is 0.567. The summed E-state index contributed by atoms with van der Waals surface area (Å²) in [7, 11) is 1.68. The highest BCUT2D eigenvalue weighted by Crippen LogP contribution is 2.23. The Bertz CT molecular complexity index is 797. The van der Waals surface area contributed by atoms with Gasteiger partial charge in [0.1, 0.15) is 11.5 Å². The lowest BCUT2D eigenvalue weighted by molar-refractivity contribution is 0.197. The van der Waals surface area contributed by atoms with Crippen LogP contribution in [0.3, 0.4) is 0 Å². The molecule has 1 aromatic heterocycles. The maximum atomic E-state index is 5.78. The molecule has 3 aromatic rings. The van der Waals surface area contributed by atoms with Gasteiger partial charge in [-0.1, -0.05) is 18.2 Å². The summed E-state index contributed by atoms with van der Waals surface area (Å²) < 4.78 is 10.8. The van der Waals surface area contributed by atoms with Crippen LogP contribution in [0.4, 0.5) is 17.5 Å². The fourth-order valence-electron chi connectivity index (χ4n) is 2.23. The van der Waals surface area contributed by atoms with Crippen molar-refractivity contribution in [3.63, 3.8) is 0 Å². The van der Waals surface area contributed by atoms with Gasteiger partial charge >= 0.3 is 0 Å². The van der Waals surface area contributed by atoms with Crippen molar-refractivity contribution in [3.8, 4) is 11.5 Å². The number of nitrogens with one attached hydrogen (secondary N) is 2. The van der Waals surface area contributed by atoms with E-state index in [1.54, 1.807) is 13.3 Å². The normalized spacial score (nSPS) is 10.3. The van der Waals surface area contributed by atoms with Crippen LogP contribution in [0.1, 0.15) is 6.42 Å². The maximum absolute atomic E-state index is 5.78. The highest BCUT2D eigenvalue weighted by atomic mass is 16.5. The minimum Gasteiger partial charge on any atom is -0.457 e. The molecular formula is C19H21N5O2. The fraction of sp³-hybridized carbons (Fsp3) is 0.211. The van der Waals surface area contributed by atoms with Gasteiger partial charge in [0.25, 0.3) is 0 Å². The van der Waals surface area contributed by atoms with E-state index in [1.807, 2.05) is 54.6 Å². The lowest BCUT2D eigenvalue weighted by atomic mass is 10.3. The molecule has 7 heteroatoms. The standard InChI is InChI=1S/C19H21N5O2/c1-25-13-5-12-20-18-14-21-24-19(23-18)22-15-8-10-17(11-9-15)26-16-6-3-2-4-7-16/h2-4,6-11,14H,5,12-13H2,1H3,(H2,20,22,23,24). The summed E-state index contributed by atoms with van der Waals surface area (Å²) >= 11 is 0. The first-order chi connectivity index (χ1) is 12.8. The van der Waals surface area contributed by atoms with E-state index in [0.29, 0.717) is 18.4 Å². The number of hydrogen-bond donors (Lipinski definition) is 2. The van der Waals surface area contributed by atoms with Crippen LogP contribution in [0.5, 0.6) is 11.5 Å². The first kappa shape index (κ1) is 17.6. The van der Waals surface area contributed by atoms with E-state index in [1.165, 1.54) is 0 Å². The summed E-state index contributed by atoms with van der Waals surface area (Å²) in [6.45, 7) is 1.46. The molecule has 0 aliphatic carbocycles. The van der Waals surface area contributed by atoms with Crippen LogP contribution < -0.4 is 15.4 Å². The van der Waals surface area contributed by atoms with E-state index in [-0.39, 0.29) is 0 Å². The number of methoxy groups -OCH3 is 1. The predicted octanol–water partition coefficient (Wildman–Crippen LogP) is 3.86. The number of para-hydroxylation sites is 1. The minimum atomic E-state index is 0.429. The average molecular weight is 351 g/mol. The molecule has 0 fully saturated rings. The van der Waals surface area contributed by atoms with Crippen LogP contribution in [-0.4, -0.2) is 35.4 Å². The lowest BCUT2D eigenvalue weighted by Crippen LogP contribution is -2.08. The molecule has 26 heavy (non-hydrogen) atoms. The molecule has 0 saturated carbocycles. The van der Waals surface area contributed by atoms with Crippen LogP contribution in [-0.2, 0) is 4.74 Å². The average Bonchev–Trinajstić information content (AvgIpc) is 2.68. The number of benzene rings is 2. The summed E-state index contributed by atoms with van der Waals surface area (Å²) in [6, 6.07) is 17.2. The zero-order chi connectivity index (χ0) is 18.0. The Morgan fingerprint density at radius 2 is 1.73 bits per heavy atom. The van der Waals surface area contributed by atoms with Crippen molar-refractivity contribution in [2.45, 2.75) is 6.42 Å². The number of aromatic nitrogens is 3. The number of ether oxygens (including phenoxy) is 2. The molecule has 0 spiro atoms. The van der Waals surface area contributed by atoms with Gasteiger partial charge in [-0.15, -0.1) is 5.10 Å². The molecule has 0 unspecified atom stereocenters. The van der Waals surface area contributed by atoms with Gasteiger partial charge in [0.2, 0.25) is 5.95 Å². The predicted molar refractivity (Wildman–Crippen MR) is 101 cm³/mol. The Balaban J connectivity index is 1.57. The second kappa shape index (κ2) is 9.33. The molecule has 0 atom stereocenters. The molecule has 0 radical (unpaired) electrons. The van der Waals surface area contributed by atoms with Gasteiger partial charge in [0.15, 0.2) is 5.82 Å². The third kappa shape index (κ3) is 5.42. The topological polar surface area (TPSA) is 81.2 Å². The molecular weight excluding hydrogens is 330 g/mol. The van der Waals surface area contributed by atoms with Crippen LogP contribution in [0, 0.1) is 0 Å². The molecule has 1 heterocycles. The zero-order valence-corrected chi connectivity index (χ0v) is 14.6. The van der Waals surface area contributed by atoms with Crippen molar-refractivity contribution in [3.05, 3.63) is 60.8 Å². The number of anilines is 3. The maximum Gasteiger partial charge on any atom is 0.249 e. The van der Waals surface area contributed by atoms with E-state index in [0.717, 1.165) is 30.2 Å². The molecule has 0 aliphatic rings. The number of nitrogens with zero attached hydrogens (tertiary/aromatic N) is 3. The lowest BCUT2D eigenvalue weighted by Gasteiger charge is -2.09. The zero-order valence-electron chi connectivity index (χ0n) is 14.6. The summed E-state index contributed by atoms with van der Waals surface area (Å²) in [5, 5.41) is 14.3. The van der Waals surface area contributed by atoms with Crippen molar-refractivity contribution in [2.75, 3.05) is 30.9 Å². The van der Waals surface area contributed by atoms with E-state index in [2.05, 4.69) is 25.8 Å². The van der Waals surface area contributed by atoms with E-state index in [9.17, 15) is 0 Å². The minimum absolute atomic E-state index is 0.429. The molecule has 2 aromatic carbocycles. The summed E-state index contributed by atoms with van der Waals surface area (Å²) in [5.41, 5.74) is 0.851. The Labute approximate surface area is 152 Å². The Hall–Kier alpha value is -3.19. The first-order valence-electron chi connectivity index (χ1n) is 8.36. The van der Waals surface area contributed by atoms with Gasteiger partial charge in [0, 0.05) is 25.9 Å². The molecule has 0 bridgehead atoms. The smallest absolute Gasteiger partial charge is 0.249 e. The number of rotatable bonds is 9. The summed E-state index contributed by atoms with van der Waals surface area (Å²) in [6.07, 6.45) is 2.49. The van der Waals surface area contributed by atoms with Crippen molar-refractivity contribution >= 4 is 17.5 Å². The van der Waals surface area contributed by atoms with Crippen molar-refractivity contribution in [1.29, 1.82) is 0 Å². The number of hydrogen-bond acceptors (Lipinski definition) is 7. The Morgan fingerprint density at radius 3 is 2.50 bits per heavy atom. The molecule has 7 nitrogen and oxygen atoms in total. The first-order valence-corrected chi connectivity index (χ1v) is 8.36. The Kier molecular flexibility index (Phi) is 6.33. The molecule has 0 aliphatic heterocycles. The second-order valence-corrected chi connectivity index (χ2v) is 5.50. The van der Waals surface area contributed by atoms with E-state index >= 15 is 0 Å². The third-order valence-corrected chi connectivity index (χ3v) is 3.48. The fourth-order valence-corrected chi connectivity index (χ4v) is 2.23. The monoisotopic (exact) mass is 351 g/mol. The molecule has 134 valence electrons. The van der Waals surface area contributed by atoms with Gasteiger partial charge in [0.05, 0.1) is 6.20 Å². The largest absolute Gasteiger partial charge is 0.457 e. The van der Waals surface area contributed by atoms with Gasteiger partial charge < -0.3 is 20.1 Å². The second-order valence-electron chi connectivity index (χ2n) is 5.50. The molecule has 0 amide bonds. The van der Waals surface area contributed by atoms with Gasteiger partial charge in [-0.05, 0) is 42.8 Å². The van der Waals surface area contributed by atoms with Crippen molar-refractivity contribution < 1.29 is 9.47 Å². The molecule has 0 saturated heterocycles. The van der Waals surface area contributed by atoms with Crippen LogP contribution >= 0.6 is 0 Å². The Morgan fingerprint density at radius 1 is 0.962 bits per heavy atom. The molecule has 3 rings (SSSR count). The van der Waals surface area contributed by atoms with Crippen LogP contribution in [0.25, 0.3) is 0 Å². The van der Waals surface area contributed by atoms with Crippen LogP contribution in [0.15, 0.2) is 60.8 Å². The van der Waals surface area contributed by atoms with E-state index < -0.39 is 0 Å². The van der Waals surface area contributed by atoms with Crippen molar-refractivity contribution in [2.24, 2.45) is 0 Å². The highest BCUT2D eigenvalue weighted by Gasteiger charge is 2.02. The summed E-state index contributed by atoms with van der Waals surface area (Å²) in [5.74, 6) is 2.66. The SMILES string of the molecule is COCCCNc1cnnc(Nc2ccc(Oc3ccccc3)cc2)n1. The van der Waals surface area contributed by atoms with Crippen molar-refractivity contribution in [1.82, 2.24) is 15.2 Å². The molecule has 2 N–H and O–H groups in total. The van der Waals surface area contributed by atoms with E-state index in [4.69, 9.17) is 9.47 Å². The third-order valence-electron chi connectivity index (χ3n) is 3.48. The highest BCUT2D eigenvalue weighted by molar-refractivity contribution is 5.55.